The maximum absolute atomic E-state index is 12.2. The molecule has 0 spiro atoms. The van der Waals surface area contributed by atoms with Gasteiger partial charge in [0, 0.05) is 30.5 Å². The normalized spacial score (nSPS) is 12.1. The van der Waals surface area contributed by atoms with Gasteiger partial charge in [-0.25, -0.2) is 5.10 Å². The number of nitrogens with one attached hydrogen (secondary N) is 1. The maximum Gasteiger partial charge on any atom is 0.274 e. The Morgan fingerprint density at radius 1 is 1.47 bits per heavy atom. The van der Waals surface area contributed by atoms with Gasteiger partial charge in [0.15, 0.2) is 0 Å². The third-order valence-corrected chi connectivity index (χ3v) is 3.86. The quantitative estimate of drug-likeness (QED) is 0.921. The van der Waals surface area contributed by atoms with Crippen LogP contribution in [0.25, 0.3) is 0 Å². The molecule has 0 bridgehead atoms. The Morgan fingerprint density at radius 2 is 2.26 bits per heavy atom. The Balaban J connectivity index is 2.06. The fourth-order valence-corrected chi connectivity index (χ4v) is 2.53. The van der Waals surface area contributed by atoms with Crippen LogP contribution in [0.4, 0.5) is 0 Å². The molecule has 2 rings (SSSR count). The van der Waals surface area contributed by atoms with Crippen LogP contribution in [0, 0.1) is 0 Å². The lowest BCUT2D eigenvalue weighted by atomic mass is 10.1. The standard InChI is InChI=1S/C13H15N3O2S/c1-9(8-10-4-3-7-19-10)16(2)13(18)11-5-6-12(17)15-14-11/h3-7,9H,8H2,1-2H3,(H,15,17). The fraction of sp³-hybridized carbons (Fsp3) is 0.308. The first-order valence-corrected chi connectivity index (χ1v) is 6.81. The van der Waals surface area contributed by atoms with Crippen LogP contribution in [0.1, 0.15) is 22.3 Å². The molecule has 0 aromatic carbocycles. The van der Waals surface area contributed by atoms with Crippen LogP contribution in [0.3, 0.4) is 0 Å². The summed E-state index contributed by atoms with van der Waals surface area (Å²) >= 11 is 1.68. The van der Waals surface area contributed by atoms with Crippen molar-refractivity contribution in [2.24, 2.45) is 0 Å². The molecule has 0 aliphatic carbocycles. The van der Waals surface area contributed by atoms with Gasteiger partial charge in [0.25, 0.3) is 11.5 Å². The summed E-state index contributed by atoms with van der Waals surface area (Å²) < 4.78 is 0. The number of carbonyl (C=O) groups excluding carboxylic acids is 1. The molecule has 0 saturated heterocycles. The molecule has 1 atom stereocenters. The maximum atomic E-state index is 12.2. The van der Waals surface area contributed by atoms with Crippen LogP contribution in [-0.2, 0) is 6.42 Å². The summed E-state index contributed by atoms with van der Waals surface area (Å²) in [6, 6.07) is 6.86. The van der Waals surface area contributed by atoms with Crippen LogP contribution in [-0.4, -0.2) is 34.1 Å². The molecule has 0 aliphatic heterocycles. The molecule has 0 saturated carbocycles. The predicted octanol–water partition coefficient (Wildman–Crippen LogP) is 1.53. The van der Waals surface area contributed by atoms with E-state index < -0.39 is 0 Å². The Labute approximate surface area is 114 Å². The fourth-order valence-electron chi connectivity index (χ4n) is 1.70. The van der Waals surface area contributed by atoms with Crippen LogP contribution in [0.5, 0.6) is 0 Å². The highest BCUT2D eigenvalue weighted by Gasteiger charge is 2.19. The first kappa shape index (κ1) is 13.5. The van der Waals surface area contributed by atoms with E-state index in [0.717, 1.165) is 6.42 Å². The van der Waals surface area contributed by atoms with Crippen molar-refractivity contribution in [2.45, 2.75) is 19.4 Å². The average molecular weight is 277 g/mol. The Hall–Kier alpha value is -1.95. The number of hydrogen-bond acceptors (Lipinski definition) is 4. The lowest BCUT2D eigenvalue weighted by Crippen LogP contribution is -2.37. The van der Waals surface area contributed by atoms with Gasteiger partial charge in [0.05, 0.1) is 0 Å². The van der Waals surface area contributed by atoms with E-state index in [1.807, 2.05) is 18.4 Å². The Kier molecular flexibility index (Phi) is 4.11. The minimum absolute atomic E-state index is 0.0693. The number of aromatic nitrogens is 2. The molecule has 2 aromatic heterocycles. The second-order valence-corrected chi connectivity index (χ2v) is 5.39. The molecule has 100 valence electrons. The van der Waals surface area contributed by atoms with Crippen molar-refractivity contribution in [1.82, 2.24) is 15.1 Å². The molecule has 1 amide bonds. The van der Waals surface area contributed by atoms with E-state index in [9.17, 15) is 9.59 Å². The average Bonchev–Trinajstić information content (AvgIpc) is 2.90. The van der Waals surface area contributed by atoms with Crippen LogP contribution in [0.2, 0.25) is 0 Å². The van der Waals surface area contributed by atoms with Gasteiger partial charge in [-0.05, 0) is 24.4 Å². The number of rotatable bonds is 4. The monoisotopic (exact) mass is 277 g/mol. The molecule has 2 heterocycles. The summed E-state index contributed by atoms with van der Waals surface area (Å²) in [4.78, 5) is 26.0. The van der Waals surface area contributed by atoms with Crippen LogP contribution in [0.15, 0.2) is 34.4 Å². The zero-order valence-electron chi connectivity index (χ0n) is 10.8. The van der Waals surface area contributed by atoms with Crippen LogP contribution < -0.4 is 5.56 Å². The predicted molar refractivity (Wildman–Crippen MR) is 74.4 cm³/mol. The van der Waals surface area contributed by atoms with E-state index >= 15 is 0 Å². The van der Waals surface area contributed by atoms with Crippen molar-refractivity contribution in [3.8, 4) is 0 Å². The van der Waals surface area contributed by atoms with Gasteiger partial charge in [-0.1, -0.05) is 6.07 Å². The van der Waals surface area contributed by atoms with Crippen LogP contribution >= 0.6 is 11.3 Å². The summed E-state index contributed by atoms with van der Waals surface area (Å²) in [5.74, 6) is -0.194. The van der Waals surface area contributed by atoms with E-state index in [2.05, 4.69) is 16.3 Å². The molecule has 0 radical (unpaired) electrons. The van der Waals surface area contributed by atoms with Crippen molar-refractivity contribution >= 4 is 17.2 Å². The van der Waals surface area contributed by atoms with E-state index in [1.165, 1.54) is 17.0 Å². The van der Waals surface area contributed by atoms with Crippen molar-refractivity contribution in [3.05, 3.63) is 50.6 Å². The second kappa shape index (κ2) is 5.79. The van der Waals surface area contributed by atoms with Gasteiger partial charge in [0.2, 0.25) is 0 Å². The minimum Gasteiger partial charge on any atom is -0.337 e. The van der Waals surface area contributed by atoms with E-state index in [0.29, 0.717) is 0 Å². The zero-order chi connectivity index (χ0) is 13.8. The van der Waals surface area contributed by atoms with E-state index in [1.54, 1.807) is 23.3 Å². The third-order valence-electron chi connectivity index (χ3n) is 2.96. The zero-order valence-corrected chi connectivity index (χ0v) is 11.6. The highest BCUT2D eigenvalue weighted by Crippen LogP contribution is 2.14. The lowest BCUT2D eigenvalue weighted by molar-refractivity contribution is 0.0736. The number of likely N-dealkylation sites (N-methyl/N-ethyl adjacent to an activating group) is 1. The topological polar surface area (TPSA) is 66.1 Å². The molecule has 5 nitrogen and oxygen atoms in total. The number of nitrogens with zero attached hydrogens (tertiary/aromatic N) is 2. The number of hydrogen-bond donors (Lipinski definition) is 1. The molecule has 2 aromatic rings. The highest BCUT2D eigenvalue weighted by molar-refractivity contribution is 7.09. The molecule has 1 unspecified atom stereocenters. The first-order valence-electron chi connectivity index (χ1n) is 5.93. The largest absolute Gasteiger partial charge is 0.337 e. The summed E-state index contributed by atoms with van der Waals surface area (Å²) in [6.07, 6.45) is 0.809. The van der Waals surface area contributed by atoms with Gasteiger partial charge < -0.3 is 4.90 Å². The summed E-state index contributed by atoms with van der Waals surface area (Å²) in [5, 5.41) is 8.04. The van der Waals surface area contributed by atoms with Gasteiger partial charge in [0.1, 0.15) is 5.69 Å². The van der Waals surface area contributed by atoms with Gasteiger partial charge in [-0.2, -0.15) is 5.10 Å². The van der Waals surface area contributed by atoms with Gasteiger partial charge in [-0.15, -0.1) is 11.3 Å². The first-order chi connectivity index (χ1) is 9.08. The highest BCUT2D eigenvalue weighted by atomic mass is 32.1. The molecule has 0 fully saturated rings. The molecule has 6 heteroatoms. The number of amides is 1. The molecule has 0 aliphatic rings. The number of aromatic amines is 1. The minimum atomic E-state index is -0.314. The SMILES string of the molecule is CC(Cc1cccs1)N(C)C(=O)c1ccc(=O)[nH]n1. The smallest absolute Gasteiger partial charge is 0.274 e. The lowest BCUT2D eigenvalue weighted by Gasteiger charge is -2.24. The molecule has 1 N–H and O–H groups in total. The molecule has 19 heavy (non-hydrogen) atoms. The Morgan fingerprint density at radius 3 is 2.84 bits per heavy atom. The molecular formula is C13H15N3O2S. The number of H-pyrrole nitrogens is 1. The van der Waals surface area contributed by atoms with Gasteiger partial charge >= 0.3 is 0 Å². The van der Waals surface area contributed by atoms with E-state index in [4.69, 9.17) is 0 Å². The number of thiophene rings is 1. The third kappa shape index (κ3) is 3.29. The van der Waals surface area contributed by atoms with Crippen molar-refractivity contribution in [1.29, 1.82) is 0 Å². The molecular weight excluding hydrogens is 262 g/mol. The van der Waals surface area contributed by atoms with E-state index in [-0.39, 0.29) is 23.2 Å². The number of carbonyl (C=O) groups is 1. The summed E-state index contributed by atoms with van der Waals surface area (Å²) in [7, 11) is 1.74. The van der Waals surface area contributed by atoms with Crippen molar-refractivity contribution in [2.75, 3.05) is 7.05 Å². The van der Waals surface area contributed by atoms with Gasteiger partial charge in [-0.3, -0.25) is 9.59 Å². The van der Waals surface area contributed by atoms with Crippen molar-refractivity contribution < 1.29 is 4.79 Å². The summed E-state index contributed by atoms with van der Waals surface area (Å²) in [5.41, 5.74) is -0.0639. The summed E-state index contributed by atoms with van der Waals surface area (Å²) in [6.45, 7) is 1.99. The van der Waals surface area contributed by atoms with Crippen molar-refractivity contribution in [3.63, 3.8) is 0 Å². The second-order valence-electron chi connectivity index (χ2n) is 4.35. The Bertz CT molecular complexity index is 586.